The number of allylic oxidation sites excluding steroid dienone is 2. The van der Waals surface area contributed by atoms with E-state index in [1.165, 1.54) is 0 Å². The average Bonchev–Trinajstić information content (AvgIpc) is 1.99. The van der Waals surface area contributed by atoms with E-state index in [1.807, 2.05) is 24.8 Å². The lowest BCUT2D eigenvalue weighted by molar-refractivity contribution is -0.114. The molecule has 0 saturated carbocycles. The fourth-order valence-corrected chi connectivity index (χ4v) is 2.20. The van der Waals surface area contributed by atoms with Crippen LogP contribution in [0.1, 0.15) is 40.5 Å². The van der Waals surface area contributed by atoms with Crippen LogP contribution in [0.3, 0.4) is 0 Å². The topological polar surface area (TPSA) is 17.1 Å². The van der Waals surface area contributed by atoms with Crippen LogP contribution in [0.2, 0.25) is 0 Å². The van der Waals surface area contributed by atoms with Crippen molar-refractivity contribution < 1.29 is 4.79 Å². The van der Waals surface area contributed by atoms with Gasteiger partial charge in [0.2, 0.25) is 0 Å². The van der Waals surface area contributed by atoms with Gasteiger partial charge in [-0.25, -0.2) is 0 Å². The molecule has 0 aliphatic rings. The molecule has 0 radical (unpaired) electrons. The van der Waals surface area contributed by atoms with Gasteiger partial charge in [0.1, 0.15) is 0 Å². The van der Waals surface area contributed by atoms with Gasteiger partial charge in [-0.3, -0.25) is 4.79 Å². The van der Waals surface area contributed by atoms with Gasteiger partial charge in [-0.15, -0.1) is 0 Å². The highest BCUT2D eigenvalue weighted by Crippen LogP contribution is 2.27. The van der Waals surface area contributed by atoms with Gasteiger partial charge in [0.05, 0.1) is 0 Å². The van der Waals surface area contributed by atoms with Gasteiger partial charge in [-0.2, -0.15) is 11.8 Å². The number of carbonyl (C=O) groups is 1. The van der Waals surface area contributed by atoms with Gasteiger partial charge in [0, 0.05) is 11.2 Å². The zero-order valence-electron chi connectivity index (χ0n) is 9.09. The van der Waals surface area contributed by atoms with Gasteiger partial charge < -0.3 is 0 Å². The minimum atomic E-state index is 0.0872. The predicted octanol–water partition coefficient (Wildman–Crippen LogP) is 3.44. The molecule has 0 aromatic carbocycles. The number of hydrogen-bond donors (Lipinski definition) is 0. The first-order valence-corrected chi connectivity index (χ1v) is 5.83. The van der Waals surface area contributed by atoms with E-state index in [4.69, 9.17) is 0 Å². The summed E-state index contributed by atoms with van der Waals surface area (Å²) in [5.74, 6) is 1.31. The van der Waals surface area contributed by atoms with E-state index in [1.54, 1.807) is 6.08 Å². The monoisotopic (exact) mass is 200 g/mol. The number of rotatable bonds is 6. The van der Waals surface area contributed by atoms with E-state index in [9.17, 15) is 4.79 Å². The molecule has 76 valence electrons. The fourth-order valence-electron chi connectivity index (χ4n) is 1.17. The van der Waals surface area contributed by atoms with Crippen molar-refractivity contribution in [2.24, 2.45) is 0 Å². The summed E-state index contributed by atoms with van der Waals surface area (Å²) in [5.41, 5.74) is 0. The van der Waals surface area contributed by atoms with Crippen LogP contribution < -0.4 is 0 Å². The molecule has 0 aliphatic carbocycles. The Morgan fingerprint density at radius 1 is 1.38 bits per heavy atom. The summed E-state index contributed by atoms with van der Waals surface area (Å²) in [6.07, 6.45) is 5.21. The number of carbonyl (C=O) groups excluding carboxylic acids is 1. The summed E-state index contributed by atoms with van der Waals surface area (Å²) in [7, 11) is 0. The molecule has 0 aromatic heterocycles. The van der Waals surface area contributed by atoms with Crippen molar-refractivity contribution in [3.8, 4) is 0 Å². The maximum absolute atomic E-state index is 11.4. The van der Waals surface area contributed by atoms with Crippen LogP contribution in [0, 0.1) is 0 Å². The predicted molar refractivity (Wildman–Crippen MR) is 61.3 cm³/mol. The molecule has 1 nitrogen and oxygen atoms in total. The molecule has 0 bridgehead atoms. The Morgan fingerprint density at radius 2 is 2.00 bits per heavy atom. The molecule has 0 unspecified atom stereocenters. The second-order valence-corrected chi connectivity index (χ2v) is 5.62. The molecule has 0 saturated heterocycles. The molecule has 2 heteroatoms. The molecule has 0 N–H and O–H groups in total. The Kier molecular flexibility index (Phi) is 6.13. The van der Waals surface area contributed by atoms with E-state index < -0.39 is 0 Å². The Labute approximate surface area is 86.0 Å². The van der Waals surface area contributed by atoms with Gasteiger partial charge in [0.25, 0.3) is 0 Å². The van der Waals surface area contributed by atoms with Gasteiger partial charge in [-0.05, 0) is 18.2 Å². The molecular formula is C11H20OS. The molecular weight excluding hydrogens is 180 g/mol. The van der Waals surface area contributed by atoms with Crippen molar-refractivity contribution >= 4 is 17.5 Å². The van der Waals surface area contributed by atoms with Crippen LogP contribution in [0.5, 0.6) is 0 Å². The first-order valence-electron chi connectivity index (χ1n) is 4.85. The zero-order chi connectivity index (χ0) is 10.3. The smallest absolute Gasteiger partial charge is 0.156 e. The highest BCUT2D eigenvalue weighted by Gasteiger charge is 2.19. The lowest BCUT2D eigenvalue weighted by Crippen LogP contribution is -2.19. The van der Waals surface area contributed by atoms with E-state index in [-0.39, 0.29) is 10.5 Å². The van der Waals surface area contributed by atoms with Crippen LogP contribution in [0.25, 0.3) is 0 Å². The molecule has 0 aromatic rings. The first-order chi connectivity index (χ1) is 6.02. The molecule has 0 atom stereocenters. The highest BCUT2D eigenvalue weighted by molar-refractivity contribution is 8.00. The quantitative estimate of drug-likeness (QED) is 0.611. The molecule has 13 heavy (non-hydrogen) atoms. The lowest BCUT2D eigenvalue weighted by atomic mass is 10.1. The normalized spacial score (nSPS) is 12.3. The molecule has 0 fully saturated rings. The van der Waals surface area contributed by atoms with Crippen molar-refractivity contribution in [3.63, 3.8) is 0 Å². The summed E-state index contributed by atoms with van der Waals surface area (Å²) in [6.45, 7) is 8.41. The van der Waals surface area contributed by atoms with Crippen LogP contribution in [-0.2, 0) is 4.79 Å². The van der Waals surface area contributed by atoms with Crippen LogP contribution in [0.15, 0.2) is 12.2 Å². The second kappa shape index (κ2) is 6.25. The summed E-state index contributed by atoms with van der Waals surface area (Å²) < 4.78 is 0.0872. The minimum Gasteiger partial charge on any atom is -0.295 e. The minimum absolute atomic E-state index is 0.0872. The van der Waals surface area contributed by atoms with Crippen molar-refractivity contribution in [2.45, 2.75) is 45.3 Å². The molecule has 0 rings (SSSR count). The fraction of sp³-hybridized carbons (Fsp3) is 0.727. The average molecular weight is 200 g/mol. The van der Waals surface area contributed by atoms with E-state index in [0.717, 1.165) is 12.2 Å². The van der Waals surface area contributed by atoms with Gasteiger partial charge >= 0.3 is 0 Å². The van der Waals surface area contributed by atoms with Gasteiger partial charge in [0.15, 0.2) is 5.78 Å². The Morgan fingerprint density at radius 3 is 2.46 bits per heavy atom. The summed E-state index contributed by atoms with van der Waals surface area (Å²) in [5, 5.41) is 0. The van der Waals surface area contributed by atoms with E-state index in [0.29, 0.717) is 6.42 Å². The summed E-state index contributed by atoms with van der Waals surface area (Å²) >= 11 is 1.84. The zero-order valence-corrected chi connectivity index (χ0v) is 9.91. The number of hydrogen-bond acceptors (Lipinski definition) is 2. The molecule has 0 spiro atoms. The van der Waals surface area contributed by atoms with E-state index in [2.05, 4.69) is 20.8 Å². The highest BCUT2D eigenvalue weighted by atomic mass is 32.2. The largest absolute Gasteiger partial charge is 0.295 e. The molecule has 0 heterocycles. The van der Waals surface area contributed by atoms with Crippen molar-refractivity contribution in [2.75, 3.05) is 5.75 Å². The molecule has 0 aliphatic heterocycles. The second-order valence-electron chi connectivity index (χ2n) is 3.65. The summed E-state index contributed by atoms with van der Waals surface area (Å²) in [4.78, 5) is 11.4. The van der Waals surface area contributed by atoms with Crippen LogP contribution in [0.4, 0.5) is 0 Å². The van der Waals surface area contributed by atoms with Crippen molar-refractivity contribution in [1.82, 2.24) is 0 Å². The maximum atomic E-state index is 11.4. The third kappa shape index (κ3) is 6.88. The molecule has 0 amide bonds. The SMILES string of the molecule is CC/C=C/C(=O)CC(C)(C)SCC. The maximum Gasteiger partial charge on any atom is 0.156 e. The first kappa shape index (κ1) is 12.8. The third-order valence-electron chi connectivity index (χ3n) is 1.67. The van der Waals surface area contributed by atoms with Gasteiger partial charge in [-0.1, -0.05) is 33.8 Å². The van der Waals surface area contributed by atoms with Crippen LogP contribution >= 0.6 is 11.8 Å². The Hall–Kier alpha value is -0.240. The summed E-state index contributed by atoms with van der Waals surface area (Å²) in [6, 6.07) is 0. The Bertz CT molecular complexity index is 183. The number of thioether (sulfide) groups is 1. The standard InChI is InChI=1S/C11H20OS/c1-5-7-8-10(12)9-11(3,4)13-6-2/h7-8H,5-6,9H2,1-4H3/b8-7+. The lowest BCUT2D eigenvalue weighted by Gasteiger charge is -2.21. The Balaban J connectivity index is 3.96. The third-order valence-corrected chi connectivity index (χ3v) is 2.89. The van der Waals surface area contributed by atoms with Crippen molar-refractivity contribution in [3.05, 3.63) is 12.2 Å². The van der Waals surface area contributed by atoms with E-state index >= 15 is 0 Å². The van der Waals surface area contributed by atoms with Crippen LogP contribution in [-0.4, -0.2) is 16.3 Å². The van der Waals surface area contributed by atoms with Crippen molar-refractivity contribution in [1.29, 1.82) is 0 Å². The number of ketones is 1.